The number of fused-ring (bicyclic) bond motifs is 5. The molecule has 1 saturated heterocycles. The van der Waals surface area contributed by atoms with Gasteiger partial charge in [0.2, 0.25) is 5.91 Å². The zero-order chi connectivity index (χ0) is 27.9. The number of piperazine rings is 1. The van der Waals surface area contributed by atoms with Gasteiger partial charge in [0.05, 0.1) is 31.6 Å². The Labute approximate surface area is 230 Å². The Morgan fingerprint density at radius 3 is 2.54 bits per heavy atom. The Morgan fingerprint density at radius 2 is 1.82 bits per heavy atom. The summed E-state index contributed by atoms with van der Waals surface area (Å²) in [6.45, 7) is 11.3. The van der Waals surface area contributed by atoms with Crippen LogP contribution >= 0.6 is 0 Å². The number of hydrogen-bond donors (Lipinski definition) is 1. The molecule has 2 aliphatic heterocycles. The molecule has 8 heteroatoms. The van der Waals surface area contributed by atoms with Gasteiger partial charge in [-0.1, -0.05) is 24.3 Å². The second kappa shape index (κ2) is 10.6. The van der Waals surface area contributed by atoms with Crippen LogP contribution in [0, 0.1) is 0 Å². The van der Waals surface area contributed by atoms with Gasteiger partial charge in [0.1, 0.15) is 0 Å². The molecular weight excluding hydrogens is 494 g/mol. The number of ether oxygens (including phenoxy) is 3. The molecule has 208 valence electrons. The number of carbonyl (C=O) groups is 2. The van der Waals surface area contributed by atoms with Gasteiger partial charge in [0.25, 0.3) is 5.91 Å². The number of benzene rings is 2. The van der Waals surface area contributed by atoms with Crippen molar-refractivity contribution in [3.63, 3.8) is 0 Å². The maximum atomic E-state index is 14.1. The van der Waals surface area contributed by atoms with Gasteiger partial charge >= 0.3 is 0 Å². The molecule has 2 aliphatic rings. The number of rotatable bonds is 9. The summed E-state index contributed by atoms with van der Waals surface area (Å²) in [4.78, 5) is 34.8. The Morgan fingerprint density at radius 1 is 1.05 bits per heavy atom. The fourth-order valence-electron chi connectivity index (χ4n) is 5.98. The van der Waals surface area contributed by atoms with E-state index < -0.39 is 5.54 Å². The summed E-state index contributed by atoms with van der Waals surface area (Å²) in [6.07, 6.45) is 0.822. The van der Waals surface area contributed by atoms with Gasteiger partial charge in [0, 0.05) is 36.5 Å². The lowest BCUT2D eigenvalue weighted by Gasteiger charge is -2.51. The maximum Gasteiger partial charge on any atom is 0.254 e. The zero-order valence-corrected chi connectivity index (χ0v) is 23.7. The number of methoxy groups -OCH3 is 1. The van der Waals surface area contributed by atoms with Crippen molar-refractivity contribution < 1.29 is 23.8 Å². The topological polar surface area (TPSA) is 84.1 Å². The van der Waals surface area contributed by atoms with Crippen molar-refractivity contribution in [3.05, 3.63) is 59.3 Å². The largest absolute Gasteiger partial charge is 0.493 e. The van der Waals surface area contributed by atoms with E-state index in [1.54, 1.807) is 16.9 Å². The van der Waals surface area contributed by atoms with Crippen LogP contribution < -0.4 is 9.47 Å². The predicted molar refractivity (Wildman–Crippen MR) is 150 cm³/mol. The van der Waals surface area contributed by atoms with Gasteiger partial charge in [-0.2, -0.15) is 0 Å². The van der Waals surface area contributed by atoms with E-state index in [0.717, 1.165) is 27.7 Å². The van der Waals surface area contributed by atoms with Crippen molar-refractivity contribution in [3.8, 4) is 11.5 Å². The number of nitrogens with one attached hydrogen (secondary N) is 1. The van der Waals surface area contributed by atoms with Crippen LogP contribution in [0.5, 0.6) is 11.5 Å². The second-order valence-electron chi connectivity index (χ2n) is 11.2. The molecule has 0 saturated carbocycles. The molecule has 3 heterocycles. The average molecular weight is 534 g/mol. The molecule has 39 heavy (non-hydrogen) atoms. The summed E-state index contributed by atoms with van der Waals surface area (Å²) in [5, 5.41) is 1.06. The lowest BCUT2D eigenvalue weighted by Crippen LogP contribution is -2.67. The van der Waals surface area contributed by atoms with Crippen LogP contribution in [0.4, 0.5) is 0 Å². The summed E-state index contributed by atoms with van der Waals surface area (Å²) in [5.74, 6) is 1.07. The first-order valence-corrected chi connectivity index (χ1v) is 13.8. The predicted octanol–water partition coefficient (Wildman–Crippen LogP) is 4.81. The number of H-pyrrole nitrogens is 1. The summed E-state index contributed by atoms with van der Waals surface area (Å²) in [6, 6.07) is 14.1. The summed E-state index contributed by atoms with van der Waals surface area (Å²) < 4.78 is 17.3. The van der Waals surface area contributed by atoms with Crippen molar-refractivity contribution in [2.45, 2.75) is 64.7 Å². The molecule has 0 bridgehead atoms. The van der Waals surface area contributed by atoms with Crippen molar-refractivity contribution in [2.24, 2.45) is 0 Å². The molecule has 2 amide bonds. The highest BCUT2D eigenvalue weighted by molar-refractivity contribution is 6.01. The minimum absolute atomic E-state index is 0.0113. The normalized spacial score (nSPS) is 21.1. The number of nitrogens with zero attached hydrogens (tertiary/aromatic N) is 2. The molecule has 0 spiro atoms. The molecule has 0 aliphatic carbocycles. The van der Waals surface area contributed by atoms with Gasteiger partial charge in [-0.15, -0.1) is 0 Å². The third-order valence-corrected chi connectivity index (χ3v) is 7.79. The van der Waals surface area contributed by atoms with Crippen LogP contribution in [0.3, 0.4) is 0 Å². The van der Waals surface area contributed by atoms with Gasteiger partial charge < -0.3 is 29.0 Å². The number of aromatic amines is 1. The average Bonchev–Trinajstić information content (AvgIpc) is 3.30. The van der Waals surface area contributed by atoms with Crippen LogP contribution in [-0.2, 0) is 19.9 Å². The fraction of sp³-hybridized carbons (Fsp3) is 0.484. The van der Waals surface area contributed by atoms with E-state index in [1.807, 2.05) is 71.0 Å². The molecule has 2 atom stereocenters. The van der Waals surface area contributed by atoms with E-state index in [9.17, 15) is 9.59 Å². The first-order chi connectivity index (χ1) is 18.6. The Hall–Kier alpha value is -3.52. The number of amides is 2. The molecule has 1 unspecified atom stereocenters. The van der Waals surface area contributed by atoms with E-state index >= 15 is 0 Å². The van der Waals surface area contributed by atoms with Crippen LogP contribution in [0.2, 0.25) is 0 Å². The van der Waals surface area contributed by atoms with E-state index in [1.165, 1.54) is 0 Å². The third kappa shape index (κ3) is 4.75. The standard InChI is InChI=1S/C31H39N3O5/c1-19(2)38-15-9-14-33-18-27(35)34-17-23(21-12-13-25(39-20(3)4)26(16-21)37-6)28-22-10-7-8-11-24(22)32-29(28)31(34,5)30(33)36/h7-8,10-13,16,19-20,23,32H,9,14-15,17-18H2,1-6H3/t23?,31-/m0/s1. The van der Waals surface area contributed by atoms with Gasteiger partial charge in [-0.25, -0.2) is 0 Å². The Bertz CT molecular complexity index is 1380. The zero-order valence-electron chi connectivity index (χ0n) is 23.7. The van der Waals surface area contributed by atoms with Gasteiger partial charge in [-0.05, 0) is 70.4 Å². The van der Waals surface area contributed by atoms with Crippen molar-refractivity contribution in [1.82, 2.24) is 14.8 Å². The maximum absolute atomic E-state index is 14.1. The fourth-order valence-corrected chi connectivity index (χ4v) is 5.98. The van der Waals surface area contributed by atoms with E-state index in [4.69, 9.17) is 14.2 Å². The molecule has 5 rings (SSSR count). The van der Waals surface area contributed by atoms with Crippen LogP contribution in [-0.4, -0.2) is 72.2 Å². The van der Waals surface area contributed by atoms with E-state index in [2.05, 4.69) is 11.1 Å². The highest BCUT2D eigenvalue weighted by Gasteiger charge is 2.56. The molecular formula is C31H39N3O5. The summed E-state index contributed by atoms with van der Waals surface area (Å²) in [5.41, 5.74) is 2.66. The lowest BCUT2D eigenvalue weighted by atomic mass is 9.76. The molecule has 1 fully saturated rings. The number of para-hydroxylation sites is 1. The minimum Gasteiger partial charge on any atom is -0.493 e. The molecule has 0 radical (unpaired) electrons. The monoisotopic (exact) mass is 533 g/mol. The lowest BCUT2D eigenvalue weighted by molar-refractivity contribution is -0.166. The number of hydrogen-bond acceptors (Lipinski definition) is 5. The smallest absolute Gasteiger partial charge is 0.254 e. The molecule has 1 aromatic heterocycles. The first-order valence-electron chi connectivity index (χ1n) is 13.8. The Balaban J connectivity index is 1.58. The summed E-state index contributed by atoms with van der Waals surface area (Å²) in [7, 11) is 1.63. The molecule has 3 aromatic rings. The van der Waals surface area contributed by atoms with Crippen LogP contribution in [0.25, 0.3) is 10.9 Å². The second-order valence-corrected chi connectivity index (χ2v) is 11.2. The highest BCUT2D eigenvalue weighted by atomic mass is 16.5. The minimum atomic E-state index is -1.12. The SMILES string of the molecule is COc1cc(C2CN3C(=O)CN(CCCOC(C)C)C(=O)[C@]3(C)c3[nH]c4ccccc4c32)ccc1OC(C)C. The highest BCUT2D eigenvalue weighted by Crippen LogP contribution is 2.49. The molecule has 2 aromatic carbocycles. The molecule has 8 nitrogen and oxygen atoms in total. The number of aromatic nitrogens is 1. The van der Waals surface area contributed by atoms with Gasteiger partial charge in [-0.3, -0.25) is 9.59 Å². The number of carbonyl (C=O) groups excluding carboxylic acids is 2. The van der Waals surface area contributed by atoms with Gasteiger partial charge in [0.15, 0.2) is 17.0 Å². The van der Waals surface area contributed by atoms with Crippen molar-refractivity contribution in [2.75, 3.05) is 33.4 Å². The van der Waals surface area contributed by atoms with E-state index in [0.29, 0.717) is 37.6 Å². The van der Waals surface area contributed by atoms with Crippen LogP contribution in [0.1, 0.15) is 63.8 Å². The first kappa shape index (κ1) is 27.1. The quantitative estimate of drug-likeness (QED) is 0.399. The summed E-state index contributed by atoms with van der Waals surface area (Å²) >= 11 is 0. The van der Waals surface area contributed by atoms with E-state index in [-0.39, 0.29) is 36.5 Å². The Kier molecular flexibility index (Phi) is 7.33. The van der Waals surface area contributed by atoms with Crippen molar-refractivity contribution >= 4 is 22.7 Å². The van der Waals surface area contributed by atoms with Crippen LogP contribution in [0.15, 0.2) is 42.5 Å². The third-order valence-electron chi connectivity index (χ3n) is 7.79. The van der Waals surface area contributed by atoms with Crippen molar-refractivity contribution in [1.29, 1.82) is 0 Å². The molecule has 1 N–H and O–H groups in total.